The Labute approximate surface area is 203 Å². The van der Waals surface area contributed by atoms with Crippen molar-refractivity contribution >= 4 is 29.9 Å². The Hall–Kier alpha value is -0.980. The molecule has 0 aromatic carbocycles. The highest BCUT2D eigenvalue weighted by Gasteiger charge is 2.13. The lowest BCUT2D eigenvalue weighted by molar-refractivity contribution is 0.0388. The number of hydrogen-bond donors (Lipinski definition) is 2. The summed E-state index contributed by atoms with van der Waals surface area (Å²) in [5.74, 6) is 2.55. The average Bonchev–Trinajstić information content (AvgIpc) is 2.95. The summed E-state index contributed by atoms with van der Waals surface area (Å²) in [6.45, 7) is 9.35. The maximum Gasteiger partial charge on any atom is 0.191 e. The van der Waals surface area contributed by atoms with Gasteiger partial charge in [-0.15, -0.1) is 34.2 Å². The van der Waals surface area contributed by atoms with Gasteiger partial charge in [0.25, 0.3) is 0 Å². The summed E-state index contributed by atoms with van der Waals surface area (Å²) in [4.78, 5) is 7.13. The van der Waals surface area contributed by atoms with Gasteiger partial charge < -0.3 is 24.7 Å². The summed E-state index contributed by atoms with van der Waals surface area (Å²) in [6, 6.07) is 0. The van der Waals surface area contributed by atoms with E-state index in [1.54, 1.807) is 0 Å². The van der Waals surface area contributed by atoms with E-state index in [1.807, 2.05) is 18.5 Å². The molecule has 0 radical (unpaired) electrons. The lowest BCUT2D eigenvalue weighted by Crippen LogP contribution is -2.45. The Bertz CT molecular complexity index is 642. The van der Waals surface area contributed by atoms with Gasteiger partial charge in [0.05, 0.1) is 25.9 Å². The molecule has 1 aliphatic carbocycles. The zero-order valence-electron chi connectivity index (χ0n) is 19.1. The molecule has 3 rings (SSSR count). The minimum absolute atomic E-state index is 0. The Morgan fingerprint density at radius 1 is 1.10 bits per heavy atom. The Morgan fingerprint density at radius 2 is 1.81 bits per heavy atom. The highest BCUT2D eigenvalue weighted by atomic mass is 127. The van der Waals surface area contributed by atoms with E-state index in [-0.39, 0.29) is 24.0 Å². The third-order valence-corrected chi connectivity index (χ3v) is 5.94. The maximum atomic E-state index is 6.10. The molecule has 1 aliphatic heterocycles. The first-order valence-corrected chi connectivity index (χ1v) is 11.5. The van der Waals surface area contributed by atoms with Crippen molar-refractivity contribution < 1.29 is 9.47 Å². The van der Waals surface area contributed by atoms with Gasteiger partial charge in [0.2, 0.25) is 0 Å². The predicted octanol–water partition coefficient (Wildman–Crippen LogP) is 1.85. The minimum atomic E-state index is 0. The third kappa shape index (κ3) is 9.58. The third-order valence-electron chi connectivity index (χ3n) is 5.94. The van der Waals surface area contributed by atoms with Crippen LogP contribution in [0.4, 0.5) is 0 Å². The largest absolute Gasteiger partial charge is 0.379 e. The fourth-order valence-corrected chi connectivity index (χ4v) is 3.87. The Balaban J connectivity index is 0.00000341. The van der Waals surface area contributed by atoms with Gasteiger partial charge in [-0.3, -0.25) is 4.90 Å². The molecule has 2 heterocycles. The summed E-state index contributed by atoms with van der Waals surface area (Å²) in [5.41, 5.74) is 0. The number of nitrogens with zero attached hydrogens (tertiary/aromatic N) is 5. The summed E-state index contributed by atoms with van der Waals surface area (Å²) in [5, 5.41) is 15.2. The average molecular weight is 550 g/mol. The van der Waals surface area contributed by atoms with Gasteiger partial charge in [-0.05, 0) is 19.8 Å². The van der Waals surface area contributed by atoms with Crippen LogP contribution in [0.15, 0.2) is 4.99 Å². The van der Waals surface area contributed by atoms with E-state index >= 15 is 0 Å². The fraction of sp³-hybridized carbons (Fsp3) is 0.857. The first-order chi connectivity index (χ1) is 14.7. The molecule has 0 spiro atoms. The van der Waals surface area contributed by atoms with Gasteiger partial charge in [0.1, 0.15) is 12.4 Å². The van der Waals surface area contributed by atoms with Gasteiger partial charge in [-0.1, -0.05) is 25.7 Å². The summed E-state index contributed by atoms with van der Waals surface area (Å²) in [7, 11) is 1.97. The number of nitrogens with one attached hydrogen (secondary N) is 2. The van der Waals surface area contributed by atoms with E-state index < -0.39 is 0 Å². The van der Waals surface area contributed by atoms with Crippen molar-refractivity contribution in [2.75, 3.05) is 52.5 Å². The highest BCUT2D eigenvalue weighted by molar-refractivity contribution is 14.0. The van der Waals surface area contributed by atoms with Crippen molar-refractivity contribution in [1.29, 1.82) is 0 Å². The molecule has 2 aliphatic rings. The number of rotatable bonds is 9. The van der Waals surface area contributed by atoms with Crippen molar-refractivity contribution in [3.63, 3.8) is 0 Å². The van der Waals surface area contributed by atoms with Crippen LogP contribution >= 0.6 is 24.0 Å². The van der Waals surface area contributed by atoms with Crippen LogP contribution in [-0.4, -0.2) is 84.3 Å². The summed E-state index contributed by atoms with van der Waals surface area (Å²) in [6.07, 6.45) is 8.11. The summed E-state index contributed by atoms with van der Waals surface area (Å²) >= 11 is 0. The monoisotopic (exact) mass is 549 g/mol. The lowest BCUT2D eigenvalue weighted by Gasteiger charge is -2.26. The number of guanidine groups is 1. The van der Waals surface area contributed by atoms with Crippen LogP contribution in [0.5, 0.6) is 0 Å². The van der Waals surface area contributed by atoms with Crippen LogP contribution in [0.3, 0.4) is 0 Å². The smallest absolute Gasteiger partial charge is 0.191 e. The molecule has 0 amide bonds. The quantitative estimate of drug-likeness (QED) is 0.160. The van der Waals surface area contributed by atoms with Crippen LogP contribution in [0.1, 0.15) is 50.2 Å². The first kappa shape index (κ1) is 26.3. The summed E-state index contributed by atoms with van der Waals surface area (Å²) < 4.78 is 13.5. The number of aromatic nitrogens is 3. The Kier molecular flexibility index (Phi) is 12.7. The number of aliphatic imine (C=N–C) groups is 1. The number of morpholine rings is 1. The van der Waals surface area contributed by atoms with Crippen molar-refractivity contribution in [2.24, 2.45) is 12.0 Å². The molecule has 2 fully saturated rings. The zero-order chi connectivity index (χ0) is 21.0. The molecule has 178 valence electrons. The fourth-order valence-electron chi connectivity index (χ4n) is 3.87. The van der Waals surface area contributed by atoms with Gasteiger partial charge in [-0.2, -0.15) is 0 Å². The normalized spacial score (nSPS) is 19.0. The molecule has 31 heavy (non-hydrogen) atoms. The van der Waals surface area contributed by atoms with E-state index in [0.717, 1.165) is 63.5 Å². The van der Waals surface area contributed by atoms with Crippen molar-refractivity contribution in [2.45, 2.75) is 58.1 Å². The van der Waals surface area contributed by atoms with Crippen molar-refractivity contribution in [1.82, 2.24) is 30.3 Å². The molecule has 2 N–H and O–H groups in total. The number of halogens is 1. The minimum Gasteiger partial charge on any atom is -0.379 e. The molecule has 1 saturated heterocycles. The van der Waals surface area contributed by atoms with Gasteiger partial charge >= 0.3 is 0 Å². The maximum absolute atomic E-state index is 6.10. The SMILES string of the molecule is Cc1nnc(CN=C(NCCOC2CCCCCC2)NCCN2CCOCC2)n1C.I. The van der Waals surface area contributed by atoms with E-state index in [0.29, 0.717) is 19.3 Å². The van der Waals surface area contributed by atoms with Crippen LogP contribution in [0, 0.1) is 6.92 Å². The molecule has 9 nitrogen and oxygen atoms in total. The highest BCUT2D eigenvalue weighted by Crippen LogP contribution is 2.19. The molecule has 1 saturated carbocycles. The van der Waals surface area contributed by atoms with Crippen LogP contribution in [0.25, 0.3) is 0 Å². The van der Waals surface area contributed by atoms with Gasteiger partial charge in [0.15, 0.2) is 11.8 Å². The molecule has 1 aromatic heterocycles. The molecule has 1 aromatic rings. The van der Waals surface area contributed by atoms with Crippen LogP contribution in [-0.2, 0) is 23.1 Å². The second-order valence-electron chi connectivity index (χ2n) is 8.18. The van der Waals surface area contributed by atoms with Crippen LogP contribution in [0.2, 0.25) is 0 Å². The molecule has 0 unspecified atom stereocenters. The predicted molar refractivity (Wildman–Crippen MR) is 133 cm³/mol. The standard InChI is InChI=1S/C21H39N7O2.HI/c1-18-25-26-20(27(18)2)17-24-21(22-9-11-28-12-15-29-16-13-28)23-10-14-30-19-7-5-3-4-6-8-19;/h19H,3-17H2,1-2H3,(H2,22,23,24);1H. The van der Waals surface area contributed by atoms with Gasteiger partial charge in [0, 0.05) is 39.8 Å². The number of ether oxygens (including phenoxy) is 2. The number of hydrogen-bond acceptors (Lipinski definition) is 6. The van der Waals surface area contributed by atoms with E-state index in [9.17, 15) is 0 Å². The lowest BCUT2D eigenvalue weighted by atomic mass is 10.1. The first-order valence-electron chi connectivity index (χ1n) is 11.5. The molecular formula is C21H40IN7O2. The Morgan fingerprint density at radius 3 is 2.48 bits per heavy atom. The van der Waals surface area contributed by atoms with E-state index in [4.69, 9.17) is 14.5 Å². The van der Waals surface area contributed by atoms with E-state index in [2.05, 4.69) is 25.7 Å². The zero-order valence-corrected chi connectivity index (χ0v) is 21.5. The second kappa shape index (κ2) is 15.0. The topological polar surface area (TPSA) is 88.8 Å². The molecule has 0 bridgehead atoms. The number of aryl methyl sites for hydroxylation is 1. The van der Waals surface area contributed by atoms with E-state index in [1.165, 1.54) is 38.5 Å². The molecule has 10 heteroatoms. The molecular weight excluding hydrogens is 509 g/mol. The van der Waals surface area contributed by atoms with Crippen molar-refractivity contribution in [3.8, 4) is 0 Å². The van der Waals surface area contributed by atoms with Gasteiger partial charge in [-0.25, -0.2) is 4.99 Å². The van der Waals surface area contributed by atoms with Crippen LogP contribution < -0.4 is 10.6 Å². The second-order valence-corrected chi connectivity index (χ2v) is 8.18. The molecule has 0 atom stereocenters. The van der Waals surface area contributed by atoms with Crippen molar-refractivity contribution in [3.05, 3.63) is 11.6 Å².